The maximum absolute atomic E-state index is 9.95. The van der Waals surface area contributed by atoms with Crippen molar-refractivity contribution in [1.29, 1.82) is 0 Å². The normalized spacial score (nSPS) is 14.3. The fourth-order valence-corrected chi connectivity index (χ4v) is 2.92. The van der Waals surface area contributed by atoms with E-state index in [4.69, 9.17) is 0 Å². The second-order valence-corrected chi connectivity index (χ2v) is 5.54. The summed E-state index contributed by atoms with van der Waals surface area (Å²) in [5.41, 5.74) is 3.46. The van der Waals surface area contributed by atoms with Gasteiger partial charge in [0.05, 0.1) is 29.7 Å². The first-order valence-electron chi connectivity index (χ1n) is 7.50. The van der Waals surface area contributed by atoms with E-state index in [1.165, 1.54) is 0 Å². The Hall–Kier alpha value is -2.80. The maximum Gasteiger partial charge on any atom is 0.113 e. The molecule has 0 spiro atoms. The summed E-state index contributed by atoms with van der Waals surface area (Å²) in [5.74, 6) is 0. The molecule has 0 saturated heterocycles. The lowest BCUT2D eigenvalue weighted by Gasteiger charge is -2.23. The molecule has 1 N–H and O–H groups in total. The summed E-state index contributed by atoms with van der Waals surface area (Å²) in [5, 5.41) is 26.8. The SMILES string of the molecule is CC(C(CO)n1nnc2ccccc21)n1nnc2ccccc21. The molecule has 4 rings (SSSR count). The zero-order valence-electron chi connectivity index (χ0n) is 12.6. The van der Waals surface area contributed by atoms with Crippen molar-refractivity contribution in [2.45, 2.75) is 19.0 Å². The highest BCUT2D eigenvalue weighted by Gasteiger charge is 2.25. The molecule has 2 heterocycles. The van der Waals surface area contributed by atoms with Crippen molar-refractivity contribution in [2.75, 3.05) is 6.61 Å². The summed E-state index contributed by atoms with van der Waals surface area (Å²) >= 11 is 0. The van der Waals surface area contributed by atoms with E-state index in [1.807, 2.05) is 60.1 Å². The Morgan fingerprint density at radius 1 is 0.870 bits per heavy atom. The molecule has 0 aliphatic heterocycles. The molecule has 116 valence electrons. The topological polar surface area (TPSA) is 81.6 Å². The van der Waals surface area contributed by atoms with Crippen molar-refractivity contribution < 1.29 is 5.11 Å². The number of aromatic nitrogens is 6. The van der Waals surface area contributed by atoms with Crippen LogP contribution in [0.4, 0.5) is 0 Å². The van der Waals surface area contributed by atoms with E-state index in [2.05, 4.69) is 20.6 Å². The monoisotopic (exact) mass is 308 g/mol. The summed E-state index contributed by atoms with van der Waals surface area (Å²) < 4.78 is 3.59. The molecule has 7 nitrogen and oxygen atoms in total. The van der Waals surface area contributed by atoms with Crippen molar-refractivity contribution in [2.24, 2.45) is 0 Å². The summed E-state index contributed by atoms with van der Waals surface area (Å²) in [6, 6.07) is 15.1. The van der Waals surface area contributed by atoms with E-state index >= 15 is 0 Å². The molecule has 0 saturated carbocycles. The quantitative estimate of drug-likeness (QED) is 0.623. The van der Waals surface area contributed by atoms with E-state index in [0.29, 0.717) is 0 Å². The predicted molar refractivity (Wildman–Crippen MR) is 85.9 cm³/mol. The van der Waals surface area contributed by atoms with Gasteiger partial charge in [-0.05, 0) is 31.2 Å². The molecule has 7 heteroatoms. The largest absolute Gasteiger partial charge is 0.394 e. The maximum atomic E-state index is 9.95. The van der Waals surface area contributed by atoms with Gasteiger partial charge in [-0.25, -0.2) is 9.36 Å². The van der Waals surface area contributed by atoms with E-state index in [-0.39, 0.29) is 18.7 Å². The fourth-order valence-electron chi connectivity index (χ4n) is 2.92. The third kappa shape index (κ3) is 2.17. The van der Waals surface area contributed by atoms with E-state index < -0.39 is 0 Å². The first-order valence-corrected chi connectivity index (χ1v) is 7.50. The molecule has 2 unspecified atom stereocenters. The molecule has 0 bridgehead atoms. The van der Waals surface area contributed by atoms with Crippen LogP contribution in [0.5, 0.6) is 0 Å². The molecule has 4 aromatic rings. The van der Waals surface area contributed by atoms with Crippen LogP contribution >= 0.6 is 0 Å². The highest BCUT2D eigenvalue weighted by Crippen LogP contribution is 2.27. The van der Waals surface area contributed by atoms with E-state index in [9.17, 15) is 5.11 Å². The number of hydrogen-bond acceptors (Lipinski definition) is 5. The second kappa shape index (κ2) is 5.44. The third-order valence-electron chi connectivity index (χ3n) is 4.20. The van der Waals surface area contributed by atoms with Gasteiger partial charge in [0.25, 0.3) is 0 Å². The molecule has 2 atom stereocenters. The van der Waals surface area contributed by atoms with Crippen LogP contribution in [0.15, 0.2) is 48.5 Å². The number of hydrogen-bond donors (Lipinski definition) is 1. The van der Waals surface area contributed by atoms with Gasteiger partial charge in [0, 0.05) is 0 Å². The van der Waals surface area contributed by atoms with Gasteiger partial charge in [-0.2, -0.15) is 0 Å². The van der Waals surface area contributed by atoms with Gasteiger partial charge in [-0.15, -0.1) is 10.2 Å². The molecule has 0 aliphatic rings. The van der Waals surface area contributed by atoms with Crippen LogP contribution in [-0.4, -0.2) is 41.7 Å². The average molecular weight is 308 g/mol. The first-order chi connectivity index (χ1) is 11.3. The van der Waals surface area contributed by atoms with Crippen LogP contribution in [0.2, 0.25) is 0 Å². The number of rotatable bonds is 4. The van der Waals surface area contributed by atoms with Crippen LogP contribution in [-0.2, 0) is 0 Å². The van der Waals surface area contributed by atoms with Crippen molar-refractivity contribution in [3.05, 3.63) is 48.5 Å². The van der Waals surface area contributed by atoms with Gasteiger partial charge in [0.15, 0.2) is 0 Å². The Morgan fingerprint density at radius 3 is 2.00 bits per heavy atom. The minimum Gasteiger partial charge on any atom is -0.394 e. The summed E-state index contributed by atoms with van der Waals surface area (Å²) in [6.07, 6.45) is 0. The zero-order chi connectivity index (χ0) is 15.8. The van der Waals surface area contributed by atoms with Crippen molar-refractivity contribution in [3.63, 3.8) is 0 Å². The molecular weight excluding hydrogens is 292 g/mol. The number of para-hydroxylation sites is 2. The molecule has 0 amide bonds. The van der Waals surface area contributed by atoms with Gasteiger partial charge in [0.1, 0.15) is 11.0 Å². The lowest BCUT2D eigenvalue weighted by Crippen LogP contribution is -2.25. The molecular formula is C16H16N6O. The fraction of sp³-hybridized carbons (Fsp3) is 0.250. The summed E-state index contributed by atoms with van der Waals surface area (Å²) in [6.45, 7) is 1.93. The standard InChI is InChI=1S/C16H16N6O/c1-11(21-14-8-4-2-6-12(14)17-19-21)16(10-23)22-15-9-5-3-7-13(15)18-20-22/h2-9,11,16,23H,10H2,1H3. The zero-order valence-corrected chi connectivity index (χ0v) is 12.6. The number of nitrogens with zero attached hydrogens (tertiary/aromatic N) is 6. The molecule has 2 aromatic heterocycles. The Kier molecular flexibility index (Phi) is 3.27. The Morgan fingerprint density at radius 2 is 1.39 bits per heavy atom. The van der Waals surface area contributed by atoms with Gasteiger partial charge in [-0.1, -0.05) is 34.7 Å². The lowest BCUT2D eigenvalue weighted by atomic mass is 10.1. The number of fused-ring (bicyclic) bond motifs is 2. The Labute approximate surface area is 132 Å². The second-order valence-electron chi connectivity index (χ2n) is 5.54. The van der Waals surface area contributed by atoms with Crippen LogP contribution in [0.25, 0.3) is 22.1 Å². The third-order valence-corrected chi connectivity index (χ3v) is 4.20. The first kappa shape index (κ1) is 13.8. The minimum absolute atomic E-state index is 0.0668. The Balaban J connectivity index is 1.80. The van der Waals surface area contributed by atoms with E-state index in [0.717, 1.165) is 22.1 Å². The molecule has 23 heavy (non-hydrogen) atoms. The highest BCUT2D eigenvalue weighted by molar-refractivity contribution is 5.75. The lowest BCUT2D eigenvalue weighted by molar-refractivity contribution is 0.174. The van der Waals surface area contributed by atoms with Crippen molar-refractivity contribution in [1.82, 2.24) is 30.0 Å². The van der Waals surface area contributed by atoms with Crippen LogP contribution < -0.4 is 0 Å². The number of benzene rings is 2. The number of aliphatic hydroxyl groups excluding tert-OH is 1. The Bertz CT molecular complexity index is 959. The average Bonchev–Trinajstić information content (AvgIpc) is 3.20. The van der Waals surface area contributed by atoms with Crippen molar-refractivity contribution >= 4 is 22.1 Å². The van der Waals surface area contributed by atoms with Crippen molar-refractivity contribution in [3.8, 4) is 0 Å². The smallest absolute Gasteiger partial charge is 0.113 e. The minimum atomic E-state index is -0.285. The molecule has 0 radical (unpaired) electrons. The summed E-state index contributed by atoms with van der Waals surface area (Å²) in [7, 11) is 0. The number of aliphatic hydroxyl groups is 1. The highest BCUT2D eigenvalue weighted by atomic mass is 16.3. The molecule has 0 aliphatic carbocycles. The van der Waals surface area contributed by atoms with Crippen LogP contribution in [0, 0.1) is 0 Å². The van der Waals surface area contributed by atoms with Crippen LogP contribution in [0.1, 0.15) is 19.0 Å². The van der Waals surface area contributed by atoms with Gasteiger partial charge in [-0.3, -0.25) is 0 Å². The van der Waals surface area contributed by atoms with Crippen LogP contribution in [0.3, 0.4) is 0 Å². The molecule has 0 fully saturated rings. The van der Waals surface area contributed by atoms with Gasteiger partial charge in [0.2, 0.25) is 0 Å². The van der Waals surface area contributed by atoms with E-state index in [1.54, 1.807) is 4.68 Å². The summed E-state index contributed by atoms with van der Waals surface area (Å²) in [4.78, 5) is 0. The predicted octanol–water partition coefficient (Wildman–Crippen LogP) is 1.97. The van der Waals surface area contributed by atoms with Gasteiger partial charge < -0.3 is 5.11 Å². The molecule has 2 aromatic carbocycles. The van der Waals surface area contributed by atoms with Gasteiger partial charge >= 0.3 is 0 Å².